The van der Waals surface area contributed by atoms with Crippen molar-refractivity contribution in [2.75, 3.05) is 68.3 Å². The number of likely N-dealkylation sites (N-methyl/N-ethyl adjacent to an activating group) is 3. The molecule has 0 radical (unpaired) electrons. The molecule has 0 spiro atoms. The third-order valence-corrected chi connectivity index (χ3v) is 14.2. The first-order valence-electron chi connectivity index (χ1n) is 27.2. The third-order valence-electron chi connectivity index (χ3n) is 14.2. The summed E-state index contributed by atoms with van der Waals surface area (Å²) in [6.07, 6.45) is 3.82. The first kappa shape index (κ1) is 64.0. The molecule has 0 aromatic heterocycles. The van der Waals surface area contributed by atoms with E-state index >= 15 is 0 Å². The van der Waals surface area contributed by atoms with Gasteiger partial charge in [-0.15, -0.1) is 0 Å². The number of aryl methyl sites for hydroxylation is 1. The summed E-state index contributed by atoms with van der Waals surface area (Å²) in [5.74, 6) is -5.27. The van der Waals surface area contributed by atoms with Crippen LogP contribution in [0.5, 0.6) is 17.2 Å². The molecule has 1 fully saturated rings. The van der Waals surface area contributed by atoms with Crippen LogP contribution in [0.1, 0.15) is 109 Å². The summed E-state index contributed by atoms with van der Waals surface area (Å²) in [5, 5.41) is 5.50. The number of ketones is 1. The van der Waals surface area contributed by atoms with Crippen LogP contribution in [0.2, 0.25) is 0 Å². The Balaban J connectivity index is 1.48. The molecule has 5 rings (SSSR count). The Kier molecular flexibility index (Phi) is 23.0. The average molecular weight is 1130 g/mol. The molecule has 1 unspecified atom stereocenters. The molecule has 81 heavy (non-hydrogen) atoms. The van der Waals surface area contributed by atoms with E-state index in [4.69, 9.17) is 28.4 Å². The van der Waals surface area contributed by atoms with Crippen molar-refractivity contribution in [1.29, 1.82) is 0 Å². The molecular weight excluding hydrogens is 1040 g/mol. The van der Waals surface area contributed by atoms with E-state index < -0.39 is 114 Å². The van der Waals surface area contributed by atoms with Crippen LogP contribution in [0.25, 0.3) is 0 Å². The quantitative estimate of drug-likeness (QED) is 0.220. The van der Waals surface area contributed by atoms with Crippen molar-refractivity contribution in [3.8, 4) is 17.2 Å². The van der Waals surface area contributed by atoms with Crippen molar-refractivity contribution < 1.29 is 71.6 Å². The van der Waals surface area contributed by atoms with Gasteiger partial charge >= 0.3 is 11.9 Å². The maximum atomic E-state index is 14.7. The Morgan fingerprint density at radius 1 is 0.741 bits per heavy atom. The number of carbonyl (C=O) groups is 9. The van der Waals surface area contributed by atoms with Gasteiger partial charge in [0.05, 0.1) is 31.8 Å². The van der Waals surface area contributed by atoms with Crippen molar-refractivity contribution in [2.45, 2.75) is 129 Å². The second-order valence-electron chi connectivity index (χ2n) is 21.9. The van der Waals surface area contributed by atoms with Gasteiger partial charge < -0.3 is 58.7 Å². The van der Waals surface area contributed by atoms with Crippen LogP contribution in [-0.4, -0.2) is 171 Å². The van der Waals surface area contributed by atoms with Crippen molar-refractivity contribution >= 4 is 53.2 Å². The second-order valence-corrected chi connectivity index (χ2v) is 21.9. The number of Topliss-reactive ketones (excluding diaryl/α,β-unsaturated/α-hetero) is 1. The van der Waals surface area contributed by atoms with Crippen molar-refractivity contribution in [3.63, 3.8) is 0 Å². The number of esters is 2. The molecule has 1 saturated heterocycles. The zero-order chi connectivity index (χ0) is 59.8. The molecule has 2 aliphatic heterocycles. The second kappa shape index (κ2) is 29.1. The molecular formula is C60H80N6O15. The van der Waals surface area contributed by atoms with Gasteiger partial charge in [-0.05, 0) is 128 Å². The van der Waals surface area contributed by atoms with E-state index in [0.29, 0.717) is 41.9 Å². The number of ether oxygens (including phenoxy) is 6. The van der Waals surface area contributed by atoms with E-state index in [1.54, 1.807) is 81.4 Å². The number of methoxy groups -OCH3 is 2. The van der Waals surface area contributed by atoms with Crippen LogP contribution >= 0.6 is 0 Å². The molecule has 2 bridgehead atoms. The van der Waals surface area contributed by atoms with Gasteiger partial charge in [0.2, 0.25) is 29.4 Å². The van der Waals surface area contributed by atoms with Gasteiger partial charge in [0.15, 0.2) is 18.1 Å². The summed E-state index contributed by atoms with van der Waals surface area (Å²) in [7, 11) is 7.37. The zero-order valence-corrected chi connectivity index (χ0v) is 48.7. The van der Waals surface area contributed by atoms with Gasteiger partial charge in [0.1, 0.15) is 48.7 Å². The van der Waals surface area contributed by atoms with Gasteiger partial charge in [-0.25, -0.2) is 9.59 Å². The molecule has 21 nitrogen and oxygen atoms in total. The molecule has 440 valence electrons. The van der Waals surface area contributed by atoms with Crippen LogP contribution in [0, 0.1) is 5.41 Å². The van der Waals surface area contributed by atoms with E-state index in [0.717, 1.165) is 16.5 Å². The zero-order valence-electron chi connectivity index (χ0n) is 48.7. The Labute approximate surface area is 474 Å². The minimum Gasteiger partial charge on any atom is -0.493 e. The summed E-state index contributed by atoms with van der Waals surface area (Å²) in [6.45, 7) is 10.2. The molecule has 6 atom stereocenters. The third kappa shape index (κ3) is 17.8. The summed E-state index contributed by atoms with van der Waals surface area (Å²) in [5.41, 5.74) is -0.537. The molecule has 0 saturated carbocycles. The highest BCUT2D eigenvalue weighted by atomic mass is 16.5. The number of fused-ring (bicyclic) bond motifs is 3. The molecule has 2 aliphatic rings. The van der Waals surface area contributed by atoms with E-state index in [9.17, 15) is 43.2 Å². The SMILES string of the molecule is COc1ccc(CC[C@H]2OC(=O)[C@@H]3CCCCN3C(=O)C(=O)C(C)(C)COC(=O)/C=C\CCN(C)C(=O)[C@@H](C)NC(=O)[C@H](COC(C)(C)C)N(C)C(=O)C(c3ccccc3)NC(=O)[C@H](C)N(C)C(=O)COc3cccc2c3)cc1OC. The van der Waals surface area contributed by atoms with Gasteiger partial charge in [-0.1, -0.05) is 54.6 Å². The summed E-state index contributed by atoms with van der Waals surface area (Å²) in [4.78, 5) is 131. The highest BCUT2D eigenvalue weighted by molar-refractivity contribution is 6.38. The smallest absolute Gasteiger partial charge is 0.330 e. The number of cyclic esters (lactones) is 2. The normalized spacial score (nSPS) is 23.7. The van der Waals surface area contributed by atoms with E-state index in [1.165, 1.54) is 83.8 Å². The van der Waals surface area contributed by atoms with Gasteiger partial charge in [-0.3, -0.25) is 33.6 Å². The van der Waals surface area contributed by atoms with Crippen LogP contribution in [0.15, 0.2) is 84.9 Å². The monoisotopic (exact) mass is 1120 g/mol. The summed E-state index contributed by atoms with van der Waals surface area (Å²) < 4.78 is 34.8. The van der Waals surface area contributed by atoms with Crippen molar-refractivity contribution in [3.05, 3.63) is 102 Å². The Morgan fingerprint density at radius 2 is 1.43 bits per heavy atom. The molecule has 2 heterocycles. The highest BCUT2D eigenvalue weighted by Crippen LogP contribution is 2.33. The lowest BCUT2D eigenvalue weighted by Gasteiger charge is -2.36. The Bertz CT molecular complexity index is 2760. The largest absolute Gasteiger partial charge is 0.493 e. The number of hydrogen-bond acceptors (Lipinski definition) is 15. The number of piperidine rings is 1. The number of nitrogens with one attached hydrogen (secondary N) is 2. The van der Waals surface area contributed by atoms with E-state index in [2.05, 4.69) is 10.6 Å². The van der Waals surface area contributed by atoms with Crippen LogP contribution in [0.4, 0.5) is 0 Å². The van der Waals surface area contributed by atoms with Crippen LogP contribution < -0.4 is 24.8 Å². The fourth-order valence-electron chi connectivity index (χ4n) is 9.00. The standard InChI is InChI=1S/C60H80N6O15/c1-38-55(72)63(8)31-18-17-26-50(68)79-37-60(6,7)52(69)57(74)66-32-19-16-25-44(66)58(75)81-46(29-27-40-28-30-47(76-11)48(33-40)77-12)42-23-20-24-43(34-42)78-36-49(67)64(9)39(2)53(70)62-51(41-21-14-13-15-22-41)56(73)65(10)45(54(71)61-38)35-80-59(3,4)5/h13-15,17,20-24,26,28,30,33-34,38-39,44-46,51H,16,18-19,25,27,29,31-32,35-37H2,1-12H3,(H,61,71)(H,62,70)/b26-17-/t38-,39+,44+,45+,46-,51?/m1/s1. The number of rotatable bonds is 8. The lowest BCUT2D eigenvalue weighted by Crippen LogP contribution is -2.57. The van der Waals surface area contributed by atoms with Crippen molar-refractivity contribution in [2.24, 2.45) is 5.41 Å². The summed E-state index contributed by atoms with van der Waals surface area (Å²) >= 11 is 0. The van der Waals surface area contributed by atoms with E-state index in [1.807, 2.05) is 12.1 Å². The number of nitrogens with zero attached hydrogens (tertiary/aromatic N) is 4. The first-order valence-corrected chi connectivity index (χ1v) is 27.2. The van der Waals surface area contributed by atoms with Crippen LogP contribution in [-0.2, 0) is 63.8 Å². The topological polar surface area (TPSA) is 246 Å². The van der Waals surface area contributed by atoms with E-state index in [-0.39, 0.29) is 44.7 Å². The molecule has 6 amide bonds. The fraction of sp³-hybridized carbons (Fsp3) is 0.517. The van der Waals surface area contributed by atoms with Crippen LogP contribution in [0.3, 0.4) is 0 Å². The maximum Gasteiger partial charge on any atom is 0.330 e. The van der Waals surface area contributed by atoms with Gasteiger partial charge in [-0.2, -0.15) is 0 Å². The fourth-order valence-corrected chi connectivity index (χ4v) is 9.00. The highest BCUT2D eigenvalue weighted by Gasteiger charge is 2.43. The number of amides is 6. The lowest BCUT2D eigenvalue weighted by atomic mass is 9.87. The molecule has 3 aromatic carbocycles. The molecule has 2 N–H and O–H groups in total. The Hall–Kier alpha value is -7.81. The number of carbonyl (C=O) groups excluding carboxylic acids is 9. The van der Waals surface area contributed by atoms with Crippen molar-refractivity contribution in [1.82, 2.24) is 30.2 Å². The first-order chi connectivity index (χ1) is 38.3. The minimum atomic E-state index is -1.50. The van der Waals surface area contributed by atoms with Gasteiger partial charge in [0, 0.05) is 40.3 Å². The molecule has 21 heteroatoms. The predicted octanol–water partition coefficient (Wildman–Crippen LogP) is 5.09. The molecule has 0 aliphatic carbocycles. The summed E-state index contributed by atoms with van der Waals surface area (Å²) in [6, 6.07) is 14.5. The lowest BCUT2D eigenvalue weighted by molar-refractivity contribution is -0.165. The maximum absolute atomic E-state index is 14.7. The number of hydrogen-bond donors (Lipinski definition) is 2. The average Bonchev–Trinajstić information content (AvgIpc) is 3.45. The number of benzene rings is 3. The predicted molar refractivity (Wildman–Crippen MR) is 299 cm³/mol. The van der Waals surface area contributed by atoms with Gasteiger partial charge in [0.25, 0.3) is 11.8 Å². The minimum absolute atomic E-state index is 0.101. The molecule has 3 aromatic rings. The Morgan fingerprint density at radius 3 is 2.11 bits per heavy atom.